The second-order valence-electron chi connectivity index (χ2n) is 3.83. The first-order chi connectivity index (χ1) is 6.63. The SMILES string of the molecule is CCCC(C)Cc1ccc(F)cc1F. The summed E-state index contributed by atoms with van der Waals surface area (Å²) in [6.07, 6.45) is 2.88. The van der Waals surface area contributed by atoms with Crippen molar-refractivity contribution in [2.45, 2.75) is 33.1 Å². The zero-order valence-electron chi connectivity index (χ0n) is 8.69. The van der Waals surface area contributed by atoms with Crippen molar-refractivity contribution in [3.63, 3.8) is 0 Å². The minimum Gasteiger partial charge on any atom is -0.207 e. The van der Waals surface area contributed by atoms with E-state index in [0.717, 1.165) is 18.9 Å². The van der Waals surface area contributed by atoms with Gasteiger partial charge in [-0.05, 0) is 24.0 Å². The average Bonchev–Trinajstić information content (AvgIpc) is 2.10. The number of benzene rings is 1. The molecule has 0 nitrogen and oxygen atoms in total. The topological polar surface area (TPSA) is 0 Å². The van der Waals surface area contributed by atoms with E-state index in [-0.39, 0.29) is 0 Å². The molecule has 1 unspecified atom stereocenters. The third-order valence-electron chi connectivity index (χ3n) is 2.36. The highest BCUT2D eigenvalue weighted by molar-refractivity contribution is 5.18. The van der Waals surface area contributed by atoms with E-state index < -0.39 is 11.6 Å². The van der Waals surface area contributed by atoms with Gasteiger partial charge in [0.2, 0.25) is 0 Å². The van der Waals surface area contributed by atoms with Crippen molar-refractivity contribution in [1.82, 2.24) is 0 Å². The maximum atomic E-state index is 13.2. The Balaban J connectivity index is 2.67. The smallest absolute Gasteiger partial charge is 0.129 e. The molecule has 14 heavy (non-hydrogen) atoms. The Bertz CT molecular complexity index is 294. The normalized spacial score (nSPS) is 12.9. The van der Waals surface area contributed by atoms with Gasteiger partial charge in [0, 0.05) is 6.07 Å². The molecule has 0 spiro atoms. The van der Waals surface area contributed by atoms with Gasteiger partial charge in [0.25, 0.3) is 0 Å². The van der Waals surface area contributed by atoms with E-state index in [1.54, 1.807) is 0 Å². The van der Waals surface area contributed by atoms with Crippen molar-refractivity contribution >= 4 is 0 Å². The highest BCUT2D eigenvalue weighted by atomic mass is 19.1. The third kappa shape index (κ3) is 3.09. The molecule has 0 aromatic heterocycles. The molecule has 0 saturated heterocycles. The number of rotatable bonds is 4. The van der Waals surface area contributed by atoms with Crippen molar-refractivity contribution in [3.05, 3.63) is 35.4 Å². The molecule has 0 amide bonds. The Hall–Kier alpha value is -0.920. The van der Waals surface area contributed by atoms with Crippen molar-refractivity contribution in [1.29, 1.82) is 0 Å². The van der Waals surface area contributed by atoms with E-state index in [9.17, 15) is 8.78 Å². The molecule has 78 valence electrons. The molecule has 0 bridgehead atoms. The quantitative estimate of drug-likeness (QED) is 0.687. The zero-order valence-corrected chi connectivity index (χ0v) is 8.69. The van der Waals surface area contributed by atoms with Gasteiger partial charge in [0.05, 0.1) is 0 Å². The summed E-state index contributed by atoms with van der Waals surface area (Å²) in [5.74, 6) is -0.470. The van der Waals surface area contributed by atoms with Gasteiger partial charge >= 0.3 is 0 Å². The zero-order chi connectivity index (χ0) is 10.6. The summed E-state index contributed by atoms with van der Waals surface area (Å²) in [5.41, 5.74) is 0.618. The van der Waals surface area contributed by atoms with Crippen LogP contribution in [0.25, 0.3) is 0 Å². The lowest BCUT2D eigenvalue weighted by Gasteiger charge is -2.10. The fourth-order valence-electron chi connectivity index (χ4n) is 1.66. The van der Waals surface area contributed by atoms with Crippen LogP contribution in [-0.2, 0) is 6.42 Å². The van der Waals surface area contributed by atoms with Crippen LogP contribution in [0.5, 0.6) is 0 Å². The molecule has 0 N–H and O–H groups in total. The summed E-state index contributed by atoms with van der Waals surface area (Å²) in [6.45, 7) is 4.20. The summed E-state index contributed by atoms with van der Waals surface area (Å²) >= 11 is 0. The van der Waals surface area contributed by atoms with Gasteiger partial charge in [-0.2, -0.15) is 0 Å². The Morgan fingerprint density at radius 3 is 2.57 bits per heavy atom. The predicted octanol–water partition coefficient (Wildman–Crippen LogP) is 3.94. The van der Waals surface area contributed by atoms with E-state index in [2.05, 4.69) is 13.8 Å². The largest absolute Gasteiger partial charge is 0.207 e. The average molecular weight is 198 g/mol. The standard InChI is InChI=1S/C12H16F2/c1-3-4-9(2)7-10-5-6-11(13)8-12(10)14/h5-6,8-9H,3-4,7H2,1-2H3. The molecule has 0 fully saturated rings. The first-order valence-electron chi connectivity index (χ1n) is 5.07. The highest BCUT2D eigenvalue weighted by Gasteiger charge is 2.07. The lowest BCUT2D eigenvalue weighted by molar-refractivity contribution is 0.499. The van der Waals surface area contributed by atoms with E-state index in [4.69, 9.17) is 0 Å². The minimum absolute atomic E-state index is 0.423. The van der Waals surface area contributed by atoms with E-state index in [0.29, 0.717) is 17.9 Å². The number of halogens is 2. The number of hydrogen-bond donors (Lipinski definition) is 0. The maximum Gasteiger partial charge on any atom is 0.129 e. The van der Waals surface area contributed by atoms with Gasteiger partial charge < -0.3 is 0 Å². The van der Waals surface area contributed by atoms with Gasteiger partial charge in [-0.25, -0.2) is 8.78 Å². The minimum atomic E-state index is -0.505. The van der Waals surface area contributed by atoms with Crippen LogP contribution in [0.15, 0.2) is 18.2 Å². The molecule has 1 rings (SSSR count). The lowest BCUT2D eigenvalue weighted by atomic mass is 9.97. The maximum absolute atomic E-state index is 13.2. The van der Waals surface area contributed by atoms with Crippen LogP contribution in [0, 0.1) is 17.6 Å². The Morgan fingerprint density at radius 2 is 2.00 bits per heavy atom. The van der Waals surface area contributed by atoms with Crippen molar-refractivity contribution in [3.8, 4) is 0 Å². The van der Waals surface area contributed by atoms with Crippen LogP contribution < -0.4 is 0 Å². The molecule has 0 heterocycles. The Morgan fingerprint density at radius 1 is 1.29 bits per heavy atom. The molecule has 0 saturated carbocycles. The molecule has 1 aromatic carbocycles. The van der Waals surface area contributed by atoms with E-state index in [1.165, 1.54) is 12.1 Å². The first-order valence-corrected chi connectivity index (χ1v) is 5.07. The fraction of sp³-hybridized carbons (Fsp3) is 0.500. The fourth-order valence-corrected chi connectivity index (χ4v) is 1.66. The first kappa shape index (κ1) is 11.2. The van der Waals surface area contributed by atoms with Crippen molar-refractivity contribution in [2.24, 2.45) is 5.92 Å². The molecule has 0 radical (unpaired) electrons. The van der Waals surface area contributed by atoms with E-state index >= 15 is 0 Å². The van der Waals surface area contributed by atoms with Crippen molar-refractivity contribution in [2.75, 3.05) is 0 Å². The van der Waals surface area contributed by atoms with Gasteiger partial charge in [-0.3, -0.25) is 0 Å². The Labute approximate surface area is 84.0 Å². The van der Waals surface area contributed by atoms with Crippen LogP contribution in [0.2, 0.25) is 0 Å². The van der Waals surface area contributed by atoms with Crippen LogP contribution in [0.4, 0.5) is 8.78 Å². The van der Waals surface area contributed by atoms with Gasteiger partial charge in [-0.15, -0.1) is 0 Å². The van der Waals surface area contributed by atoms with Crippen LogP contribution in [0.1, 0.15) is 32.3 Å². The highest BCUT2D eigenvalue weighted by Crippen LogP contribution is 2.17. The summed E-state index contributed by atoms with van der Waals surface area (Å²) in [6, 6.07) is 3.81. The lowest BCUT2D eigenvalue weighted by Crippen LogP contribution is -2.01. The molecule has 1 aromatic rings. The summed E-state index contributed by atoms with van der Waals surface area (Å²) < 4.78 is 25.8. The van der Waals surface area contributed by atoms with Crippen LogP contribution in [-0.4, -0.2) is 0 Å². The summed E-state index contributed by atoms with van der Waals surface area (Å²) in [5, 5.41) is 0. The molecular formula is C12H16F2. The monoisotopic (exact) mass is 198 g/mol. The van der Waals surface area contributed by atoms with E-state index in [1.807, 2.05) is 0 Å². The second kappa shape index (κ2) is 5.08. The molecule has 0 aliphatic carbocycles. The number of hydrogen-bond acceptors (Lipinski definition) is 0. The Kier molecular flexibility index (Phi) is 4.05. The molecular weight excluding hydrogens is 182 g/mol. The summed E-state index contributed by atoms with van der Waals surface area (Å²) in [7, 11) is 0. The molecule has 1 atom stereocenters. The molecule has 0 aliphatic rings. The third-order valence-corrected chi connectivity index (χ3v) is 2.36. The predicted molar refractivity (Wildman–Crippen MR) is 54.1 cm³/mol. The van der Waals surface area contributed by atoms with Gasteiger partial charge in [0.1, 0.15) is 11.6 Å². The molecule has 2 heteroatoms. The summed E-state index contributed by atoms with van der Waals surface area (Å²) in [4.78, 5) is 0. The van der Waals surface area contributed by atoms with Crippen LogP contribution in [0.3, 0.4) is 0 Å². The second-order valence-corrected chi connectivity index (χ2v) is 3.83. The van der Waals surface area contributed by atoms with Crippen molar-refractivity contribution < 1.29 is 8.78 Å². The van der Waals surface area contributed by atoms with Crippen LogP contribution >= 0.6 is 0 Å². The van der Waals surface area contributed by atoms with Gasteiger partial charge in [-0.1, -0.05) is 32.8 Å². The molecule has 0 aliphatic heterocycles. The van der Waals surface area contributed by atoms with Gasteiger partial charge in [0.15, 0.2) is 0 Å².